The highest BCUT2D eigenvalue weighted by atomic mass is 79.9. The van der Waals surface area contributed by atoms with Gasteiger partial charge < -0.3 is 4.90 Å². The van der Waals surface area contributed by atoms with Crippen molar-refractivity contribution in [3.05, 3.63) is 16.5 Å². The van der Waals surface area contributed by atoms with Gasteiger partial charge in [-0.2, -0.15) is 13.2 Å². The lowest BCUT2D eigenvalue weighted by atomic mass is 9.97. The molecule has 0 saturated carbocycles. The lowest BCUT2D eigenvalue weighted by molar-refractivity contribution is -0.176. The van der Waals surface area contributed by atoms with E-state index < -0.39 is 12.1 Å². The quantitative estimate of drug-likeness (QED) is 0.772. The van der Waals surface area contributed by atoms with Crippen LogP contribution in [0.1, 0.15) is 25.6 Å². The average Bonchev–Trinajstić information content (AvgIpc) is 2.37. The minimum Gasteiger partial charge on any atom is -0.356 e. The van der Waals surface area contributed by atoms with Crippen molar-refractivity contribution >= 4 is 21.7 Å². The predicted molar refractivity (Wildman–Crippen MR) is 70.1 cm³/mol. The summed E-state index contributed by atoms with van der Waals surface area (Å²) in [4.78, 5) is 10.2. The lowest BCUT2D eigenvalue weighted by Gasteiger charge is -2.34. The second kappa shape index (κ2) is 5.64. The van der Waals surface area contributed by atoms with Crippen LogP contribution in [0, 0.1) is 5.92 Å². The van der Waals surface area contributed by atoms with Crippen LogP contribution in [0.2, 0.25) is 0 Å². The Bertz CT molecular complexity index is 450. The van der Waals surface area contributed by atoms with Gasteiger partial charge in [-0.05, 0) is 28.8 Å². The highest BCUT2D eigenvalue weighted by molar-refractivity contribution is 9.10. The average molecular weight is 338 g/mol. The monoisotopic (exact) mass is 337 g/mol. The van der Waals surface area contributed by atoms with Gasteiger partial charge in [-0.1, -0.05) is 6.92 Å². The number of hydrogen-bond donors (Lipinski definition) is 0. The van der Waals surface area contributed by atoms with Gasteiger partial charge in [0.2, 0.25) is 0 Å². The van der Waals surface area contributed by atoms with Crippen LogP contribution in [0.4, 0.5) is 19.0 Å². The second-order valence-corrected chi connectivity index (χ2v) is 5.46. The van der Waals surface area contributed by atoms with Crippen molar-refractivity contribution in [3.63, 3.8) is 0 Å². The molecule has 1 atom stereocenters. The standard InChI is InChI=1S/C12H15BrF3N3/c1-2-10-17-9(13)6-11(18-10)19-5-3-4-8(7-19)12(14,15)16/h6,8H,2-5,7H2,1H3. The Morgan fingerprint density at radius 1 is 1.42 bits per heavy atom. The molecule has 0 N–H and O–H groups in total. The maximum absolute atomic E-state index is 12.8. The van der Waals surface area contributed by atoms with E-state index in [1.807, 2.05) is 6.92 Å². The van der Waals surface area contributed by atoms with E-state index in [2.05, 4.69) is 25.9 Å². The van der Waals surface area contributed by atoms with Crippen LogP contribution in [0.15, 0.2) is 10.7 Å². The molecule has 1 fully saturated rings. The molecular formula is C12H15BrF3N3. The zero-order valence-corrected chi connectivity index (χ0v) is 12.1. The summed E-state index contributed by atoms with van der Waals surface area (Å²) in [5.41, 5.74) is 0. The molecular weight excluding hydrogens is 323 g/mol. The number of rotatable bonds is 2. The summed E-state index contributed by atoms with van der Waals surface area (Å²) < 4.78 is 39.0. The van der Waals surface area contributed by atoms with Gasteiger partial charge >= 0.3 is 6.18 Å². The first-order chi connectivity index (χ1) is 8.90. The van der Waals surface area contributed by atoms with Crippen molar-refractivity contribution < 1.29 is 13.2 Å². The Hall–Kier alpha value is -0.850. The normalized spacial score (nSPS) is 20.7. The maximum atomic E-state index is 12.8. The van der Waals surface area contributed by atoms with Gasteiger partial charge in [-0.15, -0.1) is 0 Å². The third kappa shape index (κ3) is 3.58. The van der Waals surface area contributed by atoms with E-state index in [4.69, 9.17) is 0 Å². The molecule has 0 radical (unpaired) electrons. The van der Waals surface area contributed by atoms with E-state index in [9.17, 15) is 13.2 Å². The van der Waals surface area contributed by atoms with Crippen molar-refractivity contribution in [2.75, 3.05) is 18.0 Å². The minimum absolute atomic E-state index is 0.0178. The van der Waals surface area contributed by atoms with E-state index in [1.54, 1.807) is 11.0 Å². The molecule has 1 aromatic heterocycles. The van der Waals surface area contributed by atoms with Gasteiger partial charge in [0.25, 0.3) is 0 Å². The highest BCUT2D eigenvalue weighted by Crippen LogP contribution is 2.34. The fourth-order valence-electron chi connectivity index (χ4n) is 2.22. The smallest absolute Gasteiger partial charge is 0.356 e. The maximum Gasteiger partial charge on any atom is 0.393 e. The number of halogens is 4. The van der Waals surface area contributed by atoms with Crippen molar-refractivity contribution in [2.45, 2.75) is 32.4 Å². The number of alkyl halides is 3. The fraction of sp³-hybridized carbons (Fsp3) is 0.667. The van der Waals surface area contributed by atoms with E-state index >= 15 is 0 Å². The molecule has 1 aromatic rings. The lowest BCUT2D eigenvalue weighted by Crippen LogP contribution is -2.42. The summed E-state index contributed by atoms with van der Waals surface area (Å²) in [5.74, 6) is -0.0498. The number of piperidine rings is 1. The first-order valence-corrected chi connectivity index (χ1v) is 7.04. The van der Waals surface area contributed by atoms with Crippen LogP contribution in [0.25, 0.3) is 0 Å². The third-order valence-corrected chi connectivity index (χ3v) is 3.66. The van der Waals surface area contributed by atoms with Crippen LogP contribution in [-0.4, -0.2) is 29.2 Å². The number of aromatic nitrogens is 2. The van der Waals surface area contributed by atoms with Crippen molar-refractivity contribution in [3.8, 4) is 0 Å². The van der Waals surface area contributed by atoms with Crippen LogP contribution in [0.5, 0.6) is 0 Å². The molecule has 7 heteroatoms. The summed E-state index contributed by atoms with van der Waals surface area (Å²) >= 11 is 3.28. The summed E-state index contributed by atoms with van der Waals surface area (Å²) in [6.45, 7) is 2.51. The molecule has 1 unspecified atom stereocenters. The molecule has 106 valence electrons. The summed E-state index contributed by atoms with van der Waals surface area (Å²) in [7, 11) is 0. The molecule has 1 aliphatic heterocycles. The van der Waals surface area contributed by atoms with Crippen LogP contribution in [0.3, 0.4) is 0 Å². The summed E-state index contributed by atoms with van der Waals surface area (Å²) in [6.07, 6.45) is -2.74. The van der Waals surface area contributed by atoms with Crippen LogP contribution >= 0.6 is 15.9 Å². The summed E-state index contributed by atoms with van der Waals surface area (Å²) in [5, 5.41) is 0. The van der Waals surface area contributed by atoms with Gasteiger partial charge in [-0.3, -0.25) is 0 Å². The minimum atomic E-state index is -4.13. The Morgan fingerprint density at radius 2 is 2.16 bits per heavy atom. The van der Waals surface area contributed by atoms with Gasteiger partial charge in [0.1, 0.15) is 16.2 Å². The Labute approximate surface area is 118 Å². The van der Waals surface area contributed by atoms with E-state index in [0.717, 1.165) is 0 Å². The Kier molecular flexibility index (Phi) is 4.32. The molecule has 0 bridgehead atoms. The number of aryl methyl sites for hydroxylation is 1. The van der Waals surface area contributed by atoms with Gasteiger partial charge in [0.05, 0.1) is 5.92 Å². The van der Waals surface area contributed by atoms with Gasteiger partial charge in [0.15, 0.2) is 0 Å². The number of hydrogen-bond acceptors (Lipinski definition) is 3. The van der Waals surface area contributed by atoms with Crippen molar-refractivity contribution in [2.24, 2.45) is 5.92 Å². The van der Waals surface area contributed by atoms with Gasteiger partial charge in [-0.25, -0.2) is 9.97 Å². The van der Waals surface area contributed by atoms with Crippen LogP contribution < -0.4 is 4.90 Å². The van der Waals surface area contributed by atoms with E-state index in [1.165, 1.54) is 0 Å². The number of nitrogens with zero attached hydrogens (tertiary/aromatic N) is 3. The molecule has 0 amide bonds. The largest absolute Gasteiger partial charge is 0.393 e. The number of anilines is 1. The molecule has 1 aliphatic rings. The molecule has 0 aromatic carbocycles. The first kappa shape index (κ1) is 14.6. The summed E-state index contributed by atoms with van der Waals surface area (Å²) in [6, 6.07) is 1.68. The first-order valence-electron chi connectivity index (χ1n) is 6.25. The van der Waals surface area contributed by atoms with Crippen LogP contribution in [-0.2, 0) is 6.42 Å². The second-order valence-electron chi connectivity index (χ2n) is 4.65. The zero-order valence-electron chi connectivity index (χ0n) is 10.5. The highest BCUT2D eigenvalue weighted by Gasteiger charge is 2.42. The molecule has 3 nitrogen and oxygen atoms in total. The van der Waals surface area contributed by atoms with Gasteiger partial charge in [0, 0.05) is 25.6 Å². The Balaban J connectivity index is 2.19. The van der Waals surface area contributed by atoms with Crippen molar-refractivity contribution in [1.29, 1.82) is 0 Å². The molecule has 1 saturated heterocycles. The van der Waals surface area contributed by atoms with E-state index in [0.29, 0.717) is 35.6 Å². The fourth-order valence-corrected chi connectivity index (χ4v) is 2.63. The molecule has 2 rings (SSSR count). The zero-order chi connectivity index (χ0) is 14.0. The van der Waals surface area contributed by atoms with E-state index in [-0.39, 0.29) is 13.0 Å². The topological polar surface area (TPSA) is 29.0 Å². The SMILES string of the molecule is CCc1nc(Br)cc(N2CCCC(C(F)(F)F)C2)n1. The molecule has 19 heavy (non-hydrogen) atoms. The Morgan fingerprint density at radius 3 is 2.79 bits per heavy atom. The molecule has 2 heterocycles. The molecule has 0 aliphatic carbocycles. The molecule has 0 spiro atoms. The van der Waals surface area contributed by atoms with Crippen molar-refractivity contribution in [1.82, 2.24) is 9.97 Å². The predicted octanol–water partition coefficient (Wildman–Crippen LogP) is 3.58. The third-order valence-electron chi connectivity index (χ3n) is 3.25.